The number of fused-ring (bicyclic) bond motifs is 1. The first-order valence-electron chi connectivity index (χ1n) is 13.7. The van der Waals surface area contributed by atoms with Crippen molar-refractivity contribution in [1.82, 2.24) is 9.29 Å². The van der Waals surface area contributed by atoms with Crippen molar-refractivity contribution in [2.75, 3.05) is 51.4 Å². The summed E-state index contributed by atoms with van der Waals surface area (Å²) in [5.41, 5.74) is 6.49. The lowest BCUT2D eigenvalue weighted by Crippen LogP contribution is -2.45. The minimum absolute atomic E-state index is 0.229. The number of hydrogen-bond acceptors (Lipinski definition) is 7. The van der Waals surface area contributed by atoms with E-state index in [1.54, 1.807) is 19.1 Å². The van der Waals surface area contributed by atoms with Crippen LogP contribution in [-0.4, -0.2) is 68.0 Å². The minimum atomic E-state index is 0.229. The van der Waals surface area contributed by atoms with Crippen molar-refractivity contribution in [3.05, 3.63) is 72.9 Å². The van der Waals surface area contributed by atoms with E-state index in [9.17, 15) is 0 Å². The second-order valence-electron chi connectivity index (χ2n) is 10.3. The average molecular weight is 542 g/mol. The van der Waals surface area contributed by atoms with Gasteiger partial charge in [0.15, 0.2) is 0 Å². The van der Waals surface area contributed by atoms with Gasteiger partial charge >= 0.3 is 0 Å². The molecule has 3 heterocycles. The number of anilines is 1. The van der Waals surface area contributed by atoms with Gasteiger partial charge in [0.25, 0.3) is 0 Å². The second kappa shape index (κ2) is 11.6. The van der Waals surface area contributed by atoms with Gasteiger partial charge in [-0.05, 0) is 67.3 Å². The number of hydrogen-bond donors (Lipinski definition) is 0. The van der Waals surface area contributed by atoms with Gasteiger partial charge in [-0.25, -0.2) is 4.31 Å². The summed E-state index contributed by atoms with van der Waals surface area (Å²) in [5.74, 6) is 0.850. The van der Waals surface area contributed by atoms with E-state index in [1.807, 2.05) is 6.20 Å². The fourth-order valence-electron chi connectivity index (χ4n) is 5.58. The Morgan fingerprint density at radius 3 is 2.21 bits per heavy atom. The molecule has 2 fully saturated rings. The van der Waals surface area contributed by atoms with Crippen LogP contribution in [0.4, 0.5) is 5.69 Å². The van der Waals surface area contributed by atoms with Crippen molar-refractivity contribution in [3.63, 3.8) is 0 Å². The summed E-state index contributed by atoms with van der Waals surface area (Å²) >= 11 is 1.80. The SMILES string of the molecule is COc1c(-c2ccc(N3C[C@@H](C)O[C@@H](C)C3)cc2)cnc2c(-c3ccc(SN4CCOCC4)cc3)cccc12. The normalized spacial score (nSPS) is 20.3. The van der Waals surface area contributed by atoms with Gasteiger partial charge in [-0.2, -0.15) is 0 Å². The first-order valence-corrected chi connectivity index (χ1v) is 14.4. The standard InChI is InChI=1S/C32H35N3O3S/c1-22-20-34(21-23(2)38-22)26-11-7-25(8-12-26)30-19-33-31-28(5-4-6-29(31)32(30)36-3)24-9-13-27(14-10-24)39-35-15-17-37-18-16-35/h4-14,19,22-23H,15-18,20-21H2,1-3H3/t22-,23+. The maximum Gasteiger partial charge on any atom is 0.137 e. The van der Waals surface area contributed by atoms with E-state index >= 15 is 0 Å². The van der Waals surface area contributed by atoms with Gasteiger partial charge in [0.05, 0.1) is 38.0 Å². The van der Waals surface area contributed by atoms with Gasteiger partial charge in [0, 0.05) is 59.5 Å². The van der Waals surface area contributed by atoms with Gasteiger partial charge < -0.3 is 19.1 Å². The van der Waals surface area contributed by atoms with Crippen LogP contribution in [0.5, 0.6) is 5.75 Å². The van der Waals surface area contributed by atoms with Crippen LogP contribution in [0, 0.1) is 0 Å². The summed E-state index contributed by atoms with van der Waals surface area (Å²) in [6.45, 7) is 9.58. The van der Waals surface area contributed by atoms with E-state index < -0.39 is 0 Å². The highest BCUT2D eigenvalue weighted by Crippen LogP contribution is 2.39. The quantitative estimate of drug-likeness (QED) is 0.257. The first-order chi connectivity index (χ1) is 19.1. The van der Waals surface area contributed by atoms with E-state index in [4.69, 9.17) is 19.2 Å². The molecule has 2 saturated heterocycles. The largest absolute Gasteiger partial charge is 0.495 e. The molecule has 39 heavy (non-hydrogen) atoms. The zero-order valence-corrected chi connectivity index (χ0v) is 23.6. The molecule has 7 heteroatoms. The molecule has 1 aromatic heterocycles. The van der Waals surface area contributed by atoms with Crippen LogP contribution in [0.1, 0.15) is 13.8 Å². The lowest BCUT2D eigenvalue weighted by molar-refractivity contribution is -0.00521. The molecule has 2 aliphatic rings. The molecule has 6 rings (SSSR count). The smallest absolute Gasteiger partial charge is 0.137 e. The number of aromatic nitrogens is 1. The van der Waals surface area contributed by atoms with Crippen molar-refractivity contribution in [2.45, 2.75) is 31.0 Å². The maximum absolute atomic E-state index is 6.00. The molecule has 0 spiro atoms. The van der Waals surface area contributed by atoms with Crippen LogP contribution >= 0.6 is 11.9 Å². The number of rotatable bonds is 6. The molecule has 0 N–H and O–H groups in total. The molecule has 0 saturated carbocycles. The fraction of sp³-hybridized carbons (Fsp3) is 0.344. The molecule has 0 bridgehead atoms. The third-order valence-electron chi connectivity index (χ3n) is 7.39. The molecule has 0 aliphatic carbocycles. The molecule has 6 nitrogen and oxygen atoms in total. The predicted molar refractivity (Wildman–Crippen MR) is 160 cm³/mol. The number of nitrogens with zero attached hydrogens (tertiary/aromatic N) is 3. The predicted octanol–water partition coefficient (Wildman–Crippen LogP) is 6.53. The lowest BCUT2D eigenvalue weighted by Gasteiger charge is -2.36. The van der Waals surface area contributed by atoms with E-state index in [2.05, 4.69) is 89.8 Å². The molecular formula is C32H35N3O3S. The van der Waals surface area contributed by atoms with Gasteiger partial charge in [-0.1, -0.05) is 36.4 Å². The molecule has 0 amide bonds. The van der Waals surface area contributed by atoms with Crippen LogP contribution < -0.4 is 9.64 Å². The zero-order chi connectivity index (χ0) is 26.8. The van der Waals surface area contributed by atoms with Crippen molar-refractivity contribution in [3.8, 4) is 28.0 Å². The highest BCUT2D eigenvalue weighted by molar-refractivity contribution is 7.97. The monoisotopic (exact) mass is 541 g/mol. The van der Waals surface area contributed by atoms with Crippen LogP contribution in [0.25, 0.3) is 33.2 Å². The van der Waals surface area contributed by atoms with Gasteiger partial charge in [0.2, 0.25) is 0 Å². The van der Waals surface area contributed by atoms with Crippen molar-refractivity contribution < 1.29 is 14.2 Å². The molecule has 3 aromatic carbocycles. The number of benzene rings is 3. The van der Waals surface area contributed by atoms with E-state index in [1.165, 1.54) is 10.6 Å². The Labute approximate surface area is 235 Å². The minimum Gasteiger partial charge on any atom is -0.495 e. The molecule has 202 valence electrons. The molecular weight excluding hydrogens is 506 g/mol. The topological polar surface area (TPSA) is 47.1 Å². The Bertz CT molecular complexity index is 1410. The molecule has 4 aromatic rings. The third kappa shape index (κ3) is 5.63. The highest BCUT2D eigenvalue weighted by Gasteiger charge is 2.23. The Morgan fingerprint density at radius 2 is 1.51 bits per heavy atom. The van der Waals surface area contributed by atoms with Gasteiger partial charge in [-0.3, -0.25) is 4.98 Å². The average Bonchev–Trinajstić information content (AvgIpc) is 2.97. The van der Waals surface area contributed by atoms with Crippen LogP contribution in [0.3, 0.4) is 0 Å². The summed E-state index contributed by atoms with van der Waals surface area (Å²) in [4.78, 5) is 8.59. The summed E-state index contributed by atoms with van der Waals surface area (Å²) in [5, 5.41) is 1.01. The van der Waals surface area contributed by atoms with Crippen LogP contribution in [-0.2, 0) is 9.47 Å². The molecule has 0 radical (unpaired) electrons. The van der Waals surface area contributed by atoms with Gasteiger partial charge in [-0.15, -0.1) is 0 Å². The Balaban J connectivity index is 1.28. The Hall–Kier alpha value is -3.10. The van der Waals surface area contributed by atoms with Gasteiger partial charge in [0.1, 0.15) is 5.75 Å². The third-order valence-corrected chi connectivity index (χ3v) is 8.49. The number of morpholine rings is 2. The molecule has 0 unspecified atom stereocenters. The Morgan fingerprint density at radius 1 is 0.846 bits per heavy atom. The zero-order valence-electron chi connectivity index (χ0n) is 22.8. The second-order valence-corrected chi connectivity index (χ2v) is 11.4. The maximum atomic E-state index is 6.00. The highest BCUT2D eigenvalue weighted by atomic mass is 32.2. The molecule has 2 atom stereocenters. The van der Waals surface area contributed by atoms with E-state index in [0.29, 0.717) is 0 Å². The lowest BCUT2D eigenvalue weighted by atomic mass is 9.98. The summed E-state index contributed by atoms with van der Waals surface area (Å²) in [7, 11) is 1.74. The van der Waals surface area contributed by atoms with E-state index in [0.717, 1.165) is 78.3 Å². The summed E-state index contributed by atoms with van der Waals surface area (Å²) in [6, 6.07) is 23.8. The van der Waals surface area contributed by atoms with Crippen LogP contribution in [0.2, 0.25) is 0 Å². The van der Waals surface area contributed by atoms with Crippen molar-refractivity contribution >= 4 is 28.5 Å². The number of ether oxygens (including phenoxy) is 3. The summed E-state index contributed by atoms with van der Waals surface area (Å²) in [6.07, 6.45) is 2.40. The number of para-hydroxylation sites is 1. The van der Waals surface area contributed by atoms with Crippen molar-refractivity contribution in [1.29, 1.82) is 0 Å². The summed E-state index contributed by atoms with van der Waals surface area (Å²) < 4.78 is 19.7. The number of methoxy groups -OCH3 is 1. The van der Waals surface area contributed by atoms with Crippen LogP contribution in [0.15, 0.2) is 77.8 Å². The van der Waals surface area contributed by atoms with Crippen molar-refractivity contribution in [2.24, 2.45) is 0 Å². The van der Waals surface area contributed by atoms with E-state index in [-0.39, 0.29) is 12.2 Å². The fourth-order valence-corrected chi connectivity index (χ4v) is 6.47. The first kappa shape index (κ1) is 26.1. The number of pyridine rings is 1. The Kier molecular flexibility index (Phi) is 7.75. The molecule has 2 aliphatic heterocycles.